The van der Waals surface area contributed by atoms with E-state index in [1.807, 2.05) is 0 Å². The summed E-state index contributed by atoms with van der Waals surface area (Å²) in [7, 11) is 0. The second-order valence-corrected chi connectivity index (χ2v) is 5.39. The first kappa shape index (κ1) is 8.96. The van der Waals surface area contributed by atoms with Crippen molar-refractivity contribution in [2.75, 3.05) is 11.5 Å². The van der Waals surface area contributed by atoms with Crippen LogP contribution in [0.5, 0.6) is 0 Å². The van der Waals surface area contributed by atoms with Gasteiger partial charge in [-0.25, -0.2) is 0 Å². The maximum Gasteiger partial charge on any atom is 0.119 e. The van der Waals surface area contributed by atoms with Crippen molar-refractivity contribution in [3.63, 3.8) is 0 Å². The van der Waals surface area contributed by atoms with Gasteiger partial charge in [0.05, 0.1) is 5.92 Å². The Hall–Kier alpha value is -0.130. The smallest absolute Gasteiger partial charge is 0.119 e. The fourth-order valence-corrected chi connectivity index (χ4v) is 3.16. The van der Waals surface area contributed by atoms with Crippen LogP contribution >= 0.6 is 0 Å². The molecule has 1 aliphatic rings. The first-order valence-corrected chi connectivity index (χ1v) is 5.36. The molecule has 62 valence electrons. The van der Waals surface area contributed by atoms with Gasteiger partial charge in [-0.2, -0.15) is 0 Å². The number of hydrogen-bond donors (Lipinski definition) is 0. The Balaban J connectivity index is 2.65. The highest BCUT2D eigenvalue weighted by molar-refractivity contribution is 7.91. The third-order valence-corrected chi connectivity index (χ3v) is 3.84. The lowest BCUT2D eigenvalue weighted by Crippen LogP contribution is -2.37. The van der Waals surface area contributed by atoms with Gasteiger partial charge in [0.2, 0.25) is 0 Å². The summed E-state index contributed by atoms with van der Waals surface area (Å²) in [5, 5.41) is 0. The zero-order valence-electron chi connectivity index (χ0n) is 7.09. The molecule has 1 saturated heterocycles. The van der Waals surface area contributed by atoms with E-state index in [-0.39, 0.29) is 11.3 Å². The zero-order chi connectivity index (χ0) is 8.48. The lowest BCUT2D eigenvalue weighted by atomic mass is 9.78. The van der Waals surface area contributed by atoms with Crippen molar-refractivity contribution in [3.8, 4) is 12.3 Å². The topological polar surface area (TPSA) is 23.1 Å². The van der Waals surface area contributed by atoms with Crippen LogP contribution in [0.2, 0.25) is 0 Å². The largest absolute Gasteiger partial charge is 0.616 e. The van der Waals surface area contributed by atoms with Crippen molar-refractivity contribution in [1.29, 1.82) is 0 Å². The standard InChI is InChI=1S/C9H14OS/c1-4-8-7-11(10)6-5-9(8,2)3/h1,8H,5-7H2,2-3H3. The van der Waals surface area contributed by atoms with Gasteiger partial charge in [0.1, 0.15) is 11.5 Å². The maximum absolute atomic E-state index is 11.1. The molecule has 2 heteroatoms. The van der Waals surface area contributed by atoms with Crippen LogP contribution in [0.3, 0.4) is 0 Å². The molecule has 2 atom stereocenters. The Morgan fingerprint density at radius 1 is 1.64 bits per heavy atom. The quantitative estimate of drug-likeness (QED) is 0.398. The van der Waals surface area contributed by atoms with E-state index in [2.05, 4.69) is 19.8 Å². The van der Waals surface area contributed by atoms with E-state index in [9.17, 15) is 4.55 Å². The molecule has 0 aliphatic carbocycles. The molecular formula is C9H14OS. The van der Waals surface area contributed by atoms with Gasteiger partial charge in [-0.3, -0.25) is 0 Å². The second-order valence-electron chi connectivity index (χ2n) is 3.77. The normalized spacial score (nSPS) is 36.2. The summed E-state index contributed by atoms with van der Waals surface area (Å²) in [5.41, 5.74) is 0.197. The highest BCUT2D eigenvalue weighted by atomic mass is 32.2. The third-order valence-electron chi connectivity index (χ3n) is 2.47. The van der Waals surface area contributed by atoms with E-state index in [0.717, 1.165) is 12.2 Å². The molecule has 1 aliphatic heterocycles. The molecule has 2 unspecified atom stereocenters. The molecule has 0 aromatic rings. The summed E-state index contributed by atoms with van der Waals surface area (Å²) in [6.45, 7) is 4.32. The summed E-state index contributed by atoms with van der Waals surface area (Å²) < 4.78 is 11.1. The summed E-state index contributed by atoms with van der Waals surface area (Å²) in [6, 6.07) is 0. The number of hydrogen-bond acceptors (Lipinski definition) is 1. The number of terminal acetylenes is 1. The van der Waals surface area contributed by atoms with Crippen molar-refractivity contribution in [2.24, 2.45) is 11.3 Å². The fourth-order valence-electron chi connectivity index (χ4n) is 1.32. The molecule has 11 heavy (non-hydrogen) atoms. The van der Waals surface area contributed by atoms with Gasteiger partial charge in [0.25, 0.3) is 0 Å². The van der Waals surface area contributed by atoms with Crippen LogP contribution in [-0.4, -0.2) is 16.1 Å². The summed E-state index contributed by atoms with van der Waals surface area (Å²) in [6.07, 6.45) is 6.35. The average molecular weight is 170 g/mol. The molecule has 0 aromatic heterocycles. The second kappa shape index (κ2) is 3.08. The van der Waals surface area contributed by atoms with Crippen LogP contribution in [0, 0.1) is 23.7 Å². The molecule has 0 saturated carbocycles. The highest BCUT2D eigenvalue weighted by Gasteiger charge is 2.37. The molecule has 0 radical (unpaired) electrons. The van der Waals surface area contributed by atoms with Gasteiger partial charge in [0.15, 0.2) is 0 Å². The van der Waals surface area contributed by atoms with E-state index in [0.29, 0.717) is 5.75 Å². The van der Waals surface area contributed by atoms with Gasteiger partial charge in [-0.15, -0.1) is 6.42 Å². The molecule has 1 rings (SSSR count). The molecule has 0 aromatic carbocycles. The summed E-state index contributed by atoms with van der Waals surface area (Å²) >= 11 is -0.659. The van der Waals surface area contributed by atoms with E-state index in [1.54, 1.807) is 0 Å². The van der Waals surface area contributed by atoms with E-state index in [1.165, 1.54) is 0 Å². The maximum atomic E-state index is 11.1. The van der Waals surface area contributed by atoms with Crippen molar-refractivity contribution >= 4 is 11.2 Å². The highest BCUT2D eigenvalue weighted by Crippen LogP contribution is 2.35. The minimum Gasteiger partial charge on any atom is -0.616 e. The SMILES string of the molecule is C#CC1C[S+]([O-])CCC1(C)C. The van der Waals surface area contributed by atoms with Crippen LogP contribution in [0.15, 0.2) is 0 Å². The van der Waals surface area contributed by atoms with Crippen LogP contribution in [0.1, 0.15) is 20.3 Å². The Labute approximate surface area is 71.7 Å². The molecule has 1 fully saturated rings. The molecule has 0 N–H and O–H groups in total. The minimum absolute atomic E-state index is 0.197. The third kappa shape index (κ3) is 1.91. The summed E-state index contributed by atoms with van der Waals surface area (Å²) in [5.74, 6) is 4.46. The molecular weight excluding hydrogens is 156 g/mol. The predicted octanol–water partition coefficient (Wildman–Crippen LogP) is 1.41. The van der Waals surface area contributed by atoms with Gasteiger partial charge in [0, 0.05) is 0 Å². The van der Waals surface area contributed by atoms with Gasteiger partial charge in [-0.1, -0.05) is 30.9 Å². The van der Waals surface area contributed by atoms with Gasteiger partial charge in [-0.05, 0) is 11.8 Å². The van der Waals surface area contributed by atoms with Gasteiger partial charge < -0.3 is 4.55 Å². The van der Waals surface area contributed by atoms with Crippen molar-refractivity contribution in [1.82, 2.24) is 0 Å². The van der Waals surface area contributed by atoms with Crippen molar-refractivity contribution < 1.29 is 4.55 Å². The van der Waals surface area contributed by atoms with E-state index in [4.69, 9.17) is 6.42 Å². The monoisotopic (exact) mass is 170 g/mol. The average Bonchev–Trinajstić information content (AvgIpc) is 1.94. The number of rotatable bonds is 0. The summed E-state index contributed by atoms with van der Waals surface area (Å²) in [4.78, 5) is 0. The van der Waals surface area contributed by atoms with Crippen LogP contribution in [-0.2, 0) is 11.2 Å². The molecule has 0 amide bonds. The first-order valence-electron chi connectivity index (χ1n) is 3.87. The fraction of sp³-hybridized carbons (Fsp3) is 0.778. The Kier molecular flexibility index (Phi) is 2.51. The van der Waals surface area contributed by atoms with Crippen LogP contribution in [0.4, 0.5) is 0 Å². The lowest BCUT2D eigenvalue weighted by molar-refractivity contribution is 0.265. The lowest BCUT2D eigenvalue weighted by Gasteiger charge is -2.35. The van der Waals surface area contributed by atoms with Crippen molar-refractivity contribution in [3.05, 3.63) is 0 Å². The van der Waals surface area contributed by atoms with E-state index >= 15 is 0 Å². The Bertz CT molecular complexity index is 180. The van der Waals surface area contributed by atoms with Gasteiger partial charge >= 0.3 is 0 Å². The Morgan fingerprint density at radius 2 is 2.27 bits per heavy atom. The van der Waals surface area contributed by atoms with Crippen LogP contribution < -0.4 is 0 Å². The Morgan fingerprint density at radius 3 is 2.73 bits per heavy atom. The predicted molar refractivity (Wildman–Crippen MR) is 48.6 cm³/mol. The zero-order valence-corrected chi connectivity index (χ0v) is 7.91. The minimum atomic E-state index is -0.659. The molecule has 1 heterocycles. The first-order chi connectivity index (χ1) is 5.06. The van der Waals surface area contributed by atoms with Crippen LogP contribution in [0.25, 0.3) is 0 Å². The van der Waals surface area contributed by atoms with E-state index < -0.39 is 11.2 Å². The molecule has 0 spiro atoms. The molecule has 1 nitrogen and oxygen atoms in total. The van der Waals surface area contributed by atoms with Crippen molar-refractivity contribution in [2.45, 2.75) is 20.3 Å². The molecule has 0 bridgehead atoms.